The van der Waals surface area contributed by atoms with Crippen LogP contribution in [0.3, 0.4) is 0 Å². The zero-order chi connectivity index (χ0) is 17.4. The van der Waals surface area contributed by atoms with Gasteiger partial charge in [0.25, 0.3) is 0 Å². The number of likely N-dealkylation sites (tertiary alicyclic amines) is 1. The molecule has 0 saturated carbocycles. The molecule has 25 heavy (non-hydrogen) atoms. The Balaban J connectivity index is 1.42. The van der Waals surface area contributed by atoms with Crippen molar-refractivity contribution in [3.8, 4) is 0 Å². The summed E-state index contributed by atoms with van der Waals surface area (Å²) in [6.45, 7) is 9.56. The second-order valence-corrected chi connectivity index (χ2v) is 8.35. The van der Waals surface area contributed by atoms with E-state index in [1.807, 2.05) is 6.20 Å². The van der Waals surface area contributed by atoms with E-state index in [1.54, 1.807) is 12.4 Å². The van der Waals surface area contributed by atoms with Crippen LogP contribution in [0.15, 0.2) is 18.6 Å². The minimum Gasteiger partial charge on any atom is -0.355 e. The normalized spacial score (nSPS) is 28.6. The molecule has 3 aliphatic heterocycles. The number of carbonyl (C=O) groups excluding carboxylic acids is 1. The van der Waals surface area contributed by atoms with Crippen molar-refractivity contribution < 1.29 is 4.79 Å². The molecule has 0 unspecified atom stereocenters. The lowest BCUT2D eigenvalue weighted by molar-refractivity contribution is -0.123. The number of aromatic nitrogens is 2. The van der Waals surface area contributed by atoms with Crippen molar-refractivity contribution in [2.45, 2.75) is 38.6 Å². The Morgan fingerprint density at radius 3 is 2.76 bits per heavy atom. The van der Waals surface area contributed by atoms with Gasteiger partial charge in [0.15, 0.2) is 0 Å². The van der Waals surface area contributed by atoms with E-state index in [1.165, 1.54) is 6.42 Å². The molecule has 6 heteroatoms. The minimum atomic E-state index is -0.00691. The van der Waals surface area contributed by atoms with Crippen molar-refractivity contribution in [1.82, 2.24) is 20.2 Å². The zero-order valence-corrected chi connectivity index (χ0v) is 15.3. The Hall–Kier alpha value is -1.69. The summed E-state index contributed by atoms with van der Waals surface area (Å²) in [5.74, 6) is 2.61. The molecule has 1 aromatic rings. The maximum Gasteiger partial charge on any atom is 0.225 e. The van der Waals surface area contributed by atoms with Gasteiger partial charge in [-0.25, -0.2) is 4.98 Å². The lowest BCUT2D eigenvalue weighted by Crippen LogP contribution is -2.55. The Bertz CT molecular complexity index is 612. The number of anilines is 1. The third-order valence-electron chi connectivity index (χ3n) is 6.37. The van der Waals surface area contributed by atoms with E-state index in [9.17, 15) is 4.79 Å². The molecule has 3 fully saturated rings. The second kappa shape index (κ2) is 6.56. The Labute approximate surface area is 150 Å². The first-order chi connectivity index (χ1) is 12.1. The molecule has 0 bridgehead atoms. The first-order valence-corrected chi connectivity index (χ1v) is 9.63. The maximum absolute atomic E-state index is 12.6. The van der Waals surface area contributed by atoms with Crippen LogP contribution < -0.4 is 10.2 Å². The molecule has 4 heterocycles. The van der Waals surface area contributed by atoms with Crippen LogP contribution in [0, 0.1) is 17.8 Å². The van der Waals surface area contributed by atoms with Crippen LogP contribution in [-0.4, -0.2) is 59.0 Å². The number of hydrogen-bond acceptors (Lipinski definition) is 5. The van der Waals surface area contributed by atoms with Crippen molar-refractivity contribution in [3.05, 3.63) is 18.6 Å². The monoisotopic (exact) mass is 343 g/mol. The van der Waals surface area contributed by atoms with Crippen LogP contribution in [-0.2, 0) is 4.79 Å². The number of nitrogens with one attached hydrogen (secondary N) is 1. The van der Waals surface area contributed by atoms with E-state index in [2.05, 4.69) is 38.9 Å². The molecular weight excluding hydrogens is 314 g/mol. The van der Waals surface area contributed by atoms with Crippen LogP contribution in [0.2, 0.25) is 0 Å². The van der Waals surface area contributed by atoms with Gasteiger partial charge in [-0.05, 0) is 31.7 Å². The van der Waals surface area contributed by atoms with Crippen LogP contribution in [0.25, 0.3) is 0 Å². The van der Waals surface area contributed by atoms with Crippen LogP contribution in [0.4, 0.5) is 5.82 Å². The molecule has 0 aromatic carbocycles. The fourth-order valence-electron chi connectivity index (χ4n) is 4.85. The van der Waals surface area contributed by atoms with Crippen LogP contribution in [0.5, 0.6) is 0 Å². The van der Waals surface area contributed by atoms with Crippen molar-refractivity contribution >= 4 is 11.7 Å². The number of carbonyl (C=O) groups is 1. The number of piperidine rings is 1. The van der Waals surface area contributed by atoms with Crippen LogP contribution >= 0.6 is 0 Å². The van der Waals surface area contributed by atoms with E-state index < -0.39 is 0 Å². The largest absolute Gasteiger partial charge is 0.355 e. The van der Waals surface area contributed by atoms with Crippen molar-refractivity contribution in [3.63, 3.8) is 0 Å². The fourth-order valence-corrected chi connectivity index (χ4v) is 4.85. The highest BCUT2D eigenvalue weighted by Crippen LogP contribution is 2.44. The average molecular weight is 343 g/mol. The van der Waals surface area contributed by atoms with Gasteiger partial charge >= 0.3 is 0 Å². The molecule has 0 radical (unpaired) electrons. The highest BCUT2D eigenvalue weighted by Gasteiger charge is 2.57. The summed E-state index contributed by atoms with van der Waals surface area (Å²) in [5, 5.41) is 3.40. The Kier molecular flexibility index (Phi) is 4.40. The average Bonchev–Trinajstić information content (AvgIpc) is 3.15. The molecule has 1 N–H and O–H groups in total. The third-order valence-corrected chi connectivity index (χ3v) is 6.37. The van der Waals surface area contributed by atoms with Crippen molar-refractivity contribution in [1.29, 1.82) is 0 Å². The highest BCUT2D eigenvalue weighted by atomic mass is 16.2. The van der Waals surface area contributed by atoms with Gasteiger partial charge in [0.2, 0.25) is 5.91 Å². The van der Waals surface area contributed by atoms with Crippen molar-refractivity contribution in [2.24, 2.45) is 17.8 Å². The molecular formula is C19H29N5O. The predicted octanol–water partition coefficient (Wildman–Crippen LogP) is 1.54. The maximum atomic E-state index is 12.6. The lowest BCUT2D eigenvalue weighted by atomic mass is 9.75. The lowest BCUT2D eigenvalue weighted by Gasteiger charge is -2.43. The van der Waals surface area contributed by atoms with Gasteiger partial charge in [-0.15, -0.1) is 0 Å². The number of fused-ring (bicyclic) bond motifs is 2. The van der Waals surface area contributed by atoms with E-state index in [0.29, 0.717) is 5.92 Å². The second-order valence-electron chi connectivity index (χ2n) is 8.35. The fraction of sp³-hybridized carbons (Fsp3) is 0.737. The van der Waals surface area contributed by atoms with E-state index >= 15 is 0 Å². The van der Waals surface area contributed by atoms with Gasteiger partial charge < -0.3 is 15.1 Å². The first kappa shape index (κ1) is 16.8. The molecule has 0 aliphatic carbocycles. The van der Waals surface area contributed by atoms with E-state index in [4.69, 9.17) is 0 Å². The van der Waals surface area contributed by atoms with E-state index in [-0.39, 0.29) is 17.4 Å². The summed E-state index contributed by atoms with van der Waals surface area (Å²) in [4.78, 5) is 26.0. The van der Waals surface area contributed by atoms with E-state index in [0.717, 1.165) is 57.3 Å². The molecule has 136 valence electrons. The summed E-state index contributed by atoms with van der Waals surface area (Å²) in [6, 6.07) is 0. The number of amides is 1. The summed E-state index contributed by atoms with van der Waals surface area (Å²) in [7, 11) is 0. The quantitative estimate of drug-likeness (QED) is 0.899. The molecule has 1 spiro atoms. The minimum absolute atomic E-state index is 0.00691. The topological polar surface area (TPSA) is 61.4 Å². The van der Waals surface area contributed by atoms with Gasteiger partial charge in [-0.2, -0.15) is 0 Å². The highest BCUT2D eigenvalue weighted by molar-refractivity contribution is 5.83. The molecule has 4 rings (SSSR count). The third kappa shape index (κ3) is 3.12. The Morgan fingerprint density at radius 1 is 1.28 bits per heavy atom. The van der Waals surface area contributed by atoms with Gasteiger partial charge in [-0.1, -0.05) is 13.8 Å². The molecule has 3 saturated heterocycles. The summed E-state index contributed by atoms with van der Waals surface area (Å²) in [5.41, 5.74) is -0.00691. The summed E-state index contributed by atoms with van der Waals surface area (Å²) < 4.78 is 0. The van der Waals surface area contributed by atoms with Gasteiger partial charge in [0.05, 0.1) is 12.1 Å². The van der Waals surface area contributed by atoms with Crippen molar-refractivity contribution in [2.75, 3.05) is 37.6 Å². The molecule has 3 aliphatic rings. The summed E-state index contributed by atoms with van der Waals surface area (Å²) in [6.07, 6.45) is 8.52. The smallest absolute Gasteiger partial charge is 0.225 e. The van der Waals surface area contributed by atoms with Gasteiger partial charge in [0.1, 0.15) is 5.82 Å². The zero-order valence-electron chi connectivity index (χ0n) is 15.3. The first-order valence-electron chi connectivity index (χ1n) is 9.63. The standard InChI is InChI=1S/C19H29N5O/c1-14(2)3-8-23-12-15-16(13-23)19(22-18(15)25)4-9-24(10-5-19)17-11-20-6-7-21-17/h6-7,11,14-16H,3-5,8-10,12-13H2,1-2H3,(H,22,25)/t15-,16-/m1/s1. The molecule has 1 aromatic heterocycles. The molecule has 1 amide bonds. The molecule has 2 atom stereocenters. The summed E-state index contributed by atoms with van der Waals surface area (Å²) >= 11 is 0. The SMILES string of the molecule is CC(C)CCN1C[C@@H]2[C@@H](C1)C(=O)NC21CCN(c2cnccn2)CC1. The molecule has 6 nitrogen and oxygen atoms in total. The number of rotatable bonds is 4. The number of nitrogens with zero attached hydrogens (tertiary/aromatic N) is 4. The van der Waals surface area contributed by atoms with Crippen LogP contribution in [0.1, 0.15) is 33.1 Å². The number of hydrogen-bond donors (Lipinski definition) is 1. The van der Waals surface area contributed by atoms with Gasteiger partial charge in [0, 0.05) is 50.0 Å². The Morgan fingerprint density at radius 2 is 2.08 bits per heavy atom. The van der Waals surface area contributed by atoms with Gasteiger partial charge in [-0.3, -0.25) is 9.78 Å². The predicted molar refractivity (Wildman–Crippen MR) is 97.2 cm³/mol.